The number of rotatable bonds is 8. The van der Waals surface area contributed by atoms with Crippen LogP contribution in [-0.4, -0.2) is 32.4 Å². The first-order valence-corrected chi connectivity index (χ1v) is 11.4. The van der Waals surface area contributed by atoms with Gasteiger partial charge in [0.15, 0.2) is 0 Å². The first-order chi connectivity index (χ1) is 13.1. The number of nitrogens with zero attached hydrogens (tertiary/aromatic N) is 1. The molecule has 0 aliphatic carbocycles. The summed E-state index contributed by atoms with van der Waals surface area (Å²) >= 11 is 0. The zero-order chi connectivity index (χ0) is 19.1. The third kappa shape index (κ3) is 5.89. The average molecular weight is 387 g/mol. The Labute approximate surface area is 163 Å². The minimum Gasteiger partial charge on any atom is -0.299 e. The molecule has 5 heteroatoms. The topological polar surface area (TPSA) is 49.4 Å². The van der Waals surface area contributed by atoms with Crippen molar-refractivity contribution in [1.82, 2.24) is 9.62 Å². The van der Waals surface area contributed by atoms with Gasteiger partial charge < -0.3 is 0 Å². The highest BCUT2D eigenvalue weighted by atomic mass is 32.2. The van der Waals surface area contributed by atoms with E-state index in [-0.39, 0.29) is 6.04 Å². The number of piperidine rings is 1. The maximum atomic E-state index is 12.7. The number of hydrogen-bond donors (Lipinski definition) is 1. The lowest BCUT2D eigenvalue weighted by atomic mass is 10.1. The minimum atomic E-state index is -3.44. The number of nitrogens with one attached hydrogen (secondary N) is 1. The standard InChI is InChI=1S/C22H30N2O2S/c1-2-3-7-19-10-12-22(13-11-19)27(25,26)23-21-14-16-24(17-15-21)18-20-8-5-4-6-9-20/h4-6,8-13,21,23H,2-3,7,14-18H2,1H3. The van der Waals surface area contributed by atoms with Crippen LogP contribution in [0.4, 0.5) is 0 Å². The van der Waals surface area contributed by atoms with Crippen molar-refractivity contribution in [2.24, 2.45) is 0 Å². The SMILES string of the molecule is CCCCc1ccc(S(=O)(=O)NC2CCN(Cc3ccccc3)CC2)cc1. The van der Waals surface area contributed by atoms with Crippen LogP contribution >= 0.6 is 0 Å². The van der Waals surface area contributed by atoms with Gasteiger partial charge >= 0.3 is 0 Å². The largest absolute Gasteiger partial charge is 0.299 e. The summed E-state index contributed by atoms with van der Waals surface area (Å²) in [5, 5.41) is 0. The third-order valence-electron chi connectivity index (χ3n) is 5.21. The van der Waals surface area contributed by atoms with E-state index in [0.29, 0.717) is 4.90 Å². The van der Waals surface area contributed by atoms with Crippen LogP contribution in [0.15, 0.2) is 59.5 Å². The van der Waals surface area contributed by atoms with Crippen molar-refractivity contribution in [3.8, 4) is 0 Å². The minimum absolute atomic E-state index is 0.0155. The summed E-state index contributed by atoms with van der Waals surface area (Å²) in [7, 11) is -3.44. The molecule has 146 valence electrons. The summed E-state index contributed by atoms with van der Waals surface area (Å²) in [6, 6.07) is 17.8. The molecule has 0 amide bonds. The van der Waals surface area contributed by atoms with E-state index < -0.39 is 10.0 Å². The molecule has 1 saturated heterocycles. The first kappa shape index (κ1) is 20.1. The monoisotopic (exact) mass is 386 g/mol. The summed E-state index contributed by atoms with van der Waals surface area (Å²) in [6.45, 7) is 4.92. The van der Waals surface area contributed by atoms with E-state index in [0.717, 1.165) is 51.7 Å². The number of benzene rings is 2. The third-order valence-corrected chi connectivity index (χ3v) is 6.75. The van der Waals surface area contributed by atoms with E-state index in [4.69, 9.17) is 0 Å². The molecule has 0 unspecified atom stereocenters. The Morgan fingerprint density at radius 1 is 0.963 bits per heavy atom. The quantitative estimate of drug-likeness (QED) is 0.747. The van der Waals surface area contributed by atoms with Crippen molar-refractivity contribution in [3.63, 3.8) is 0 Å². The predicted molar refractivity (Wildman–Crippen MR) is 110 cm³/mol. The average Bonchev–Trinajstić information content (AvgIpc) is 2.69. The molecule has 27 heavy (non-hydrogen) atoms. The van der Waals surface area contributed by atoms with Gasteiger partial charge in [-0.3, -0.25) is 4.90 Å². The molecule has 2 aromatic carbocycles. The van der Waals surface area contributed by atoms with Crippen molar-refractivity contribution < 1.29 is 8.42 Å². The fraction of sp³-hybridized carbons (Fsp3) is 0.455. The van der Waals surface area contributed by atoms with Crippen LogP contribution < -0.4 is 4.72 Å². The first-order valence-electron chi connectivity index (χ1n) is 9.94. The molecule has 1 aliphatic rings. The van der Waals surface area contributed by atoms with Crippen molar-refractivity contribution in [1.29, 1.82) is 0 Å². The predicted octanol–water partition coefficient (Wildman–Crippen LogP) is 3.97. The molecule has 1 fully saturated rings. The van der Waals surface area contributed by atoms with E-state index in [9.17, 15) is 8.42 Å². The van der Waals surface area contributed by atoms with Crippen LogP contribution in [-0.2, 0) is 23.0 Å². The van der Waals surface area contributed by atoms with Crippen LogP contribution in [0.1, 0.15) is 43.7 Å². The molecular weight excluding hydrogens is 356 g/mol. The second-order valence-electron chi connectivity index (χ2n) is 7.40. The number of hydrogen-bond acceptors (Lipinski definition) is 3. The van der Waals surface area contributed by atoms with E-state index in [1.807, 2.05) is 18.2 Å². The second-order valence-corrected chi connectivity index (χ2v) is 9.12. The summed E-state index contributed by atoms with van der Waals surface area (Å²) in [6.07, 6.45) is 4.97. The van der Waals surface area contributed by atoms with Gasteiger partial charge in [-0.15, -0.1) is 0 Å². The van der Waals surface area contributed by atoms with Crippen LogP contribution in [0.2, 0.25) is 0 Å². The van der Waals surface area contributed by atoms with Gasteiger partial charge in [-0.25, -0.2) is 13.1 Å². The normalized spacial score (nSPS) is 16.5. The Balaban J connectivity index is 1.51. The number of likely N-dealkylation sites (tertiary alicyclic amines) is 1. The summed E-state index contributed by atoms with van der Waals surface area (Å²) < 4.78 is 28.3. The molecule has 0 spiro atoms. The molecule has 0 saturated carbocycles. The van der Waals surface area contributed by atoms with E-state index in [1.165, 1.54) is 11.1 Å². The van der Waals surface area contributed by atoms with Gasteiger partial charge in [-0.1, -0.05) is 55.8 Å². The van der Waals surface area contributed by atoms with Crippen molar-refractivity contribution >= 4 is 10.0 Å². The molecule has 0 atom stereocenters. The van der Waals surface area contributed by atoms with Crippen molar-refractivity contribution in [2.75, 3.05) is 13.1 Å². The Morgan fingerprint density at radius 2 is 1.63 bits per heavy atom. The second kappa shape index (κ2) is 9.49. The van der Waals surface area contributed by atoms with Gasteiger partial charge in [0.1, 0.15) is 0 Å². The van der Waals surface area contributed by atoms with E-state index in [2.05, 4.69) is 40.8 Å². The van der Waals surface area contributed by atoms with Crippen LogP contribution in [0.25, 0.3) is 0 Å². The van der Waals surface area contributed by atoms with Gasteiger partial charge in [0.2, 0.25) is 10.0 Å². The molecule has 0 radical (unpaired) electrons. The van der Waals surface area contributed by atoms with Crippen LogP contribution in [0.5, 0.6) is 0 Å². The lowest BCUT2D eigenvalue weighted by Gasteiger charge is -2.32. The summed E-state index contributed by atoms with van der Waals surface area (Å²) in [4.78, 5) is 2.76. The molecular formula is C22H30N2O2S. The Bertz CT molecular complexity index is 796. The molecule has 3 rings (SSSR count). The molecule has 1 N–H and O–H groups in total. The number of sulfonamides is 1. The van der Waals surface area contributed by atoms with Crippen LogP contribution in [0.3, 0.4) is 0 Å². The Hall–Kier alpha value is -1.69. The van der Waals surface area contributed by atoms with Gasteiger partial charge in [-0.05, 0) is 48.9 Å². The highest BCUT2D eigenvalue weighted by molar-refractivity contribution is 7.89. The molecule has 1 heterocycles. The maximum absolute atomic E-state index is 12.7. The molecule has 4 nitrogen and oxygen atoms in total. The van der Waals surface area contributed by atoms with E-state index >= 15 is 0 Å². The number of unbranched alkanes of at least 4 members (excludes halogenated alkanes) is 1. The molecule has 0 aromatic heterocycles. The van der Waals surface area contributed by atoms with Gasteiger partial charge in [0, 0.05) is 25.7 Å². The Kier molecular flexibility index (Phi) is 7.05. The van der Waals surface area contributed by atoms with Gasteiger partial charge in [0.05, 0.1) is 4.90 Å². The molecule has 0 bridgehead atoms. The van der Waals surface area contributed by atoms with Crippen molar-refractivity contribution in [3.05, 3.63) is 65.7 Å². The lowest BCUT2D eigenvalue weighted by Crippen LogP contribution is -2.44. The highest BCUT2D eigenvalue weighted by Crippen LogP contribution is 2.18. The Morgan fingerprint density at radius 3 is 2.26 bits per heavy atom. The lowest BCUT2D eigenvalue weighted by molar-refractivity contribution is 0.200. The zero-order valence-electron chi connectivity index (χ0n) is 16.1. The van der Waals surface area contributed by atoms with Crippen molar-refractivity contribution in [2.45, 2.75) is 56.5 Å². The van der Waals surface area contributed by atoms with E-state index in [1.54, 1.807) is 12.1 Å². The number of aryl methyl sites for hydroxylation is 1. The molecule has 2 aromatic rings. The maximum Gasteiger partial charge on any atom is 0.240 e. The summed E-state index contributed by atoms with van der Waals surface area (Å²) in [5.41, 5.74) is 2.50. The van der Waals surface area contributed by atoms with Crippen LogP contribution in [0, 0.1) is 0 Å². The zero-order valence-corrected chi connectivity index (χ0v) is 16.9. The fourth-order valence-corrected chi connectivity index (χ4v) is 4.86. The fourth-order valence-electron chi connectivity index (χ4n) is 3.55. The molecule has 1 aliphatic heterocycles. The smallest absolute Gasteiger partial charge is 0.240 e. The summed E-state index contributed by atoms with van der Waals surface area (Å²) in [5.74, 6) is 0. The van der Waals surface area contributed by atoms with Gasteiger partial charge in [0.25, 0.3) is 0 Å². The highest BCUT2D eigenvalue weighted by Gasteiger charge is 2.24. The van der Waals surface area contributed by atoms with Gasteiger partial charge in [-0.2, -0.15) is 0 Å².